The van der Waals surface area contributed by atoms with Crippen molar-refractivity contribution in [1.82, 2.24) is 0 Å². The zero-order valence-electron chi connectivity index (χ0n) is 9.64. The fourth-order valence-electron chi connectivity index (χ4n) is 1.83. The Morgan fingerprint density at radius 3 is 2.26 bits per heavy atom. The number of alkyl halides is 1. The van der Waals surface area contributed by atoms with Crippen molar-refractivity contribution in [2.24, 2.45) is 0 Å². The third-order valence-corrected chi connectivity index (χ3v) is 3.53. The SMILES string of the molecule is Fc1cc(F)c(C(Cl)Cc2cccc(Br)c2)c(F)c1. The molecule has 2 aromatic rings. The summed E-state index contributed by atoms with van der Waals surface area (Å²) in [7, 11) is 0. The van der Waals surface area contributed by atoms with Gasteiger partial charge in [-0.2, -0.15) is 0 Å². The van der Waals surface area contributed by atoms with Crippen LogP contribution in [-0.4, -0.2) is 0 Å². The van der Waals surface area contributed by atoms with Gasteiger partial charge in [0.2, 0.25) is 0 Å². The summed E-state index contributed by atoms with van der Waals surface area (Å²) in [5, 5.41) is -0.894. The maximum Gasteiger partial charge on any atom is 0.133 e. The molecule has 0 aliphatic carbocycles. The normalized spacial score (nSPS) is 12.5. The molecule has 1 unspecified atom stereocenters. The summed E-state index contributed by atoms with van der Waals surface area (Å²) in [6, 6.07) is 8.53. The van der Waals surface area contributed by atoms with Crippen LogP contribution < -0.4 is 0 Å². The Morgan fingerprint density at radius 1 is 1.05 bits per heavy atom. The van der Waals surface area contributed by atoms with Gasteiger partial charge in [0.1, 0.15) is 17.5 Å². The Balaban J connectivity index is 2.28. The first-order valence-electron chi connectivity index (χ1n) is 5.50. The van der Waals surface area contributed by atoms with Crippen LogP contribution in [0.4, 0.5) is 13.2 Å². The zero-order chi connectivity index (χ0) is 14.0. The summed E-state index contributed by atoms with van der Waals surface area (Å²) in [6.07, 6.45) is 0.250. The van der Waals surface area contributed by atoms with Crippen molar-refractivity contribution >= 4 is 27.5 Å². The molecule has 100 valence electrons. The maximum absolute atomic E-state index is 13.6. The lowest BCUT2D eigenvalue weighted by Crippen LogP contribution is -2.03. The number of hydrogen-bond acceptors (Lipinski definition) is 0. The van der Waals surface area contributed by atoms with E-state index < -0.39 is 22.8 Å². The van der Waals surface area contributed by atoms with Gasteiger partial charge in [0.05, 0.1) is 5.38 Å². The lowest BCUT2D eigenvalue weighted by atomic mass is 10.0. The molecule has 0 heterocycles. The summed E-state index contributed by atoms with van der Waals surface area (Å²) in [5.41, 5.74) is 0.528. The quantitative estimate of drug-likeness (QED) is 0.652. The molecular weight excluding hydrogens is 341 g/mol. The second-order valence-electron chi connectivity index (χ2n) is 4.08. The maximum atomic E-state index is 13.6. The van der Waals surface area contributed by atoms with Gasteiger partial charge in [-0.1, -0.05) is 28.1 Å². The Morgan fingerprint density at radius 2 is 1.68 bits per heavy atom. The minimum absolute atomic E-state index is 0.250. The fraction of sp³-hybridized carbons (Fsp3) is 0.143. The standard InChI is InChI=1S/C14H9BrClF3/c15-9-3-1-2-8(4-9)5-11(16)14-12(18)6-10(17)7-13(14)19/h1-4,6-7,11H,5H2. The topological polar surface area (TPSA) is 0 Å². The van der Waals surface area contributed by atoms with Gasteiger partial charge in [0, 0.05) is 22.2 Å². The molecule has 19 heavy (non-hydrogen) atoms. The summed E-state index contributed by atoms with van der Waals surface area (Å²) < 4.78 is 40.8. The molecule has 0 aliphatic heterocycles. The summed E-state index contributed by atoms with van der Waals surface area (Å²) in [6.45, 7) is 0. The highest BCUT2D eigenvalue weighted by Crippen LogP contribution is 2.30. The van der Waals surface area contributed by atoms with E-state index in [0.29, 0.717) is 12.1 Å². The van der Waals surface area contributed by atoms with Crippen LogP contribution in [0.25, 0.3) is 0 Å². The zero-order valence-corrected chi connectivity index (χ0v) is 12.0. The number of rotatable bonds is 3. The van der Waals surface area contributed by atoms with Gasteiger partial charge in [-0.05, 0) is 24.1 Å². The van der Waals surface area contributed by atoms with Crippen LogP contribution in [-0.2, 0) is 6.42 Å². The molecule has 5 heteroatoms. The first-order chi connectivity index (χ1) is 8.97. The molecule has 0 saturated carbocycles. The van der Waals surface area contributed by atoms with Crippen LogP contribution in [0.3, 0.4) is 0 Å². The third-order valence-electron chi connectivity index (χ3n) is 2.66. The molecule has 2 rings (SSSR count). The minimum atomic E-state index is -0.965. The molecule has 0 spiro atoms. The fourth-order valence-corrected chi connectivity index (χ4v) is 2.66. The first-order valence-corrected chi connectivity index (χ1v) is 6.73. The number of halogens is 5. The second kappa shape index (κ2) is 5.97. The largest absolute Gasteiger partial charge is 0.207 e. The van der Waals surface area contributed by atoms with Gasteiger partial charge < -0.3 is 0 Å². The lowest BCUT2D eigenvalue weighted by molar-refractivity contribution is 0.520. The van der Waals surface area contributed by atoms with E-state index in [1.54, 1.807) is 12.1 Å². The van der Waals surface area contributed by atoms with E-state index >= 15 is 0 Å². The summed E-state index contributed by atoms with van der Waals surface area (Å²) in [4.78, 5) is 0. The Hall–Kier alpha value is -1.00. The van der Waals surface area contributed by atoms with E-state index in [0.717, 1.165) is 10.0 Å². The first kappa shape index (κ1) is 14.4. The van der Waals surface area contributed by atoms with E-state index in [4.69, 9.17) is 11.6 Å². The lowest BCUT2D eigenvalue weighted by Gasteiger charge is -2.12. The molecule has 0 N–H and O–H groups in total. The van der Waals surface area contributed by atoms with E-state index in [9.17, 15) is 13.2 Å². The predicted octanol–water partition coefficient (Wildman–Crippen LogP) is 5.39. The van der Waals surface area contributed by atoms with E-state index in [-0.39, 0.29) is 12.0 Å². The molecule has 1 atom stereocenters. The molecule has 0 aliphatic rings. The molecule has 0 nitrogen and oxygen atoms in total. The molecule has 0 radical (unpaired) electrons. The Kier molecular flexibility index (Phi) is 4.53. The molecule has 0 saturated heterocycles. The van der Waals surface area contributed by atoms with Gasteiger partial charge in [-0.3, -0.25) is 0 Å². The highest BCUT2D eigenvalue weighted by Gasteiger charge is 2.20. The number of hydrogen-bond donors (Lipinski definition) is 0. The Bertz CT molecular complexity index is 578. The van der Waals surface area contributed by atoms with Crippen molar-refractivity contribution in [3.05, 3.63) is 69.4 Å². The van der Waals surface area contributed by atoms with E-state index in [2.05, 4.69) is 15.9 Å². The van der Waals surface area contributed by atoms with Gasteiger partial charge in [0.15, 0.2) is 0 Å². The van der Waals surface area contributed by atoms with Crippen LogP contribution in [0.5, 0.6) is 0 Å². The monoisotopic (exact) mass is 348 g/mol. The summed E-state index contributed by atoms with van der Waals surface area (Å²) >= 11 is 9.34. The average Bonchev–Trinajstić information content (AvgIpc) is 2.27. The molecule has 0 fully saturated rings. The average molecular weight is 350 g/mol. The van der Waals surface area contributed by atoms with Crippen molar-refractivity contribution in [2.75, 3.05) is 0 Å². The van der Waals surface area contributed by atoms with Crippen LogP contribution >= 0.6 is 27.5 Å². The molecular formula is C14H9BrClF3. The van der Waals surface area contributed by atoms with E-state index in [1.807, 2.05) is 12.1 Å². The van der Waals surface area contributed by atoms with Gasteiger partial charge in [-0.25, -0.2) is 13.2 Å². The van der Waals surface area contributed by atoms with Crippen molar-refractivity contribution in [3.63, 3.8) is 0 Å². The van der Waals surface area contributed by atoms with Crippen molar-refractivity contribution in [2.45, 2.75) is 11.8 Å². The number of benzene rings is 2. The molecule has 0 aromatic heterocycles. The van der Waals surface area contributed by atoms with Crippen LogP contribution in [0.2, 0.25) is 0 Å². The van der Waals surface area contributed by atoms with Crippen molar-refractivity contribution < 1.29 is 13.2 Å². The van der Waals surface area contributed by atoms with Crippen molar-refractivity contribution in [1.29, 1.82) is 0 Å². The van der Waals surface area contributed by atoms with Crippen LogP contribution in [0, 0.1) is 17.5 Å². The molecule has 0 amide bonds. The molecule has 2 aromatic carbocycles. The van der Waals surface area contributed by atoms with Crippen molar-refractivity contribution in [3.8, 4) is 0 Å². The van der Waals surface area contributed by atoms with Gasteiger partial charge in [-0.15, -0.1) is 11.6 Å². The third kappa shape index (κ3) is 3.51. The molecule has 0 bridgehead atoms. The van der Waals surface area contributed by atoms with Crippen LogP contribution in [0.1, 0.15) is 16.5 Å². The second-order valence-corrected chi connectivity index (χ2v) is 5.53. The van der Waals surface area contributed by atoms with E-state index in [1.165, 1.54) is 0 Å². The predicted molar refractivity (Wildman–Crippen MR) is 72.8 cm³/mol. The van der Waals surface area contributed by atoms with Gasteiger partial charge >= 0.3 is 0 Å². The highest BCUT2D eigenvalue weighted by atomic mass is 79.9. The van der Waals surface area contributed by atoms with Gasteiger partial charge in [0.25, 0.3) is 0 Å². The van der Waals surface area contributed by atoms with Crippen LogP contribution in [0.15, 0.2) is 40.9 Å². The smallest absolute Gasteiger partial charge is 0.133 e. The summed E-state index contributed by atoms with van der Waals surface area (Å²) in [5.74, 6) is -2.88. The highest BCUT2D eigenvalue weighted by molar-refractivity contribution is 9.10. The Labute approximate surface area is 122 Å². The minimum Gasteiger partial charge on any atom is -0.207 e.